The molecule has 1 aliphatic heterocycles. The van der Waals surface area contributed by atoms with Crippen molar-refractivity contribution in [2.24, 2.45) is 4.99 Å². The van der Waals surface area contributed by atoms with Crippen LogP contribution in [0.2, 0.25) is 0 Å². The first-order valence-corrected chi connectivity index (χ1v) is 11.0. The third-order valence-electron chi connectivity index (χ3n) is 5.03. The molecule has 0 aromatic heterocycles. The van der Waals surface area contributed by atoms with Crippen LogP contribution in [0.1, 0.15) is 27.0 Å². The number of nitrogens with zero attached hydrogens (tertiary/aromatic N) is 2. The minimum Gasteiger partial charge on any atom is -0.493 e. The summed E-state index contributed by atoms with van der Waals surface area (Å²) in [5.74, 6) is -0.882. The minimum absolute atomic E-state index is 0.00814. The van der Waals surface area contributed by atoms with Gasteiger partial charge in [0.05, 0.1) is 22.1 Å². The fourth-order valence-electron chi connectivity index (χ4n) is 3.28. The first-order chi connectivity index (χ1) is 16.8. The Hall–Kier alpha value is -4.31. The third kappa shape index (κ3) is 5.12. The zero-order valence-corrected chi connectivity index (χ0v) is 20.1. The summed E-state index contributed by atoms with van der Waals surface area (Å²) in [7, 11) is 1.42. The molecule has 176 valence electrons. The first-order valence-electron chi connectivity index (χ1n) is 10.2. The van der Waals surface area contributed by atoms with Crippen LogP contribution in [0.25, 0.3) is 6.08 Å². The molecule has 1 heterocycles. The molecule has 0 N–H and O–H groups in total. The van der Waals surface area contributed by atoms with Crippen molar-refractivity contribution in [1.82, 2.24) is 0 Å². The molecule has 3 aromatic rings. The van der Waals surface area contributed by atoms with Crippen LogP contribution in [0.4, 0.5) is 5.69 Å². The van der Waals surface area contributed by atoms with E-state index in [1.165, 1.54) is 19.3 Å². The molecule has 0 amide bonds. The Labute approximate surface area is 207 Å². The van der Waals surface area contributed by atoms with Gasteiger partial charge in [-0.05, 0) is 64.8 Å². The molecule has 0 bridgehead atoms. The van der Waals surface area contributed by atoms with E-state index < -0.39 is 16.9 Å². The zero-order valence-electron chi connectivity index (χ0n) is 18.5. The molecule has 0 saturated carbocycles. The quantitative estimate of drug-likeness (QED) is 0.139. The van der Waals surface area contributed by atoms with Crippen LogP contribution in [-0.2, 0) is 9.53 Å². The molecule has 0 unspecified atom stereocenters. The fraction of sp³-hybridized carbons (Fsp3) is 0.0800. The summed E-state index contributed by atoms with van der Waals surface area (Å²) in [6.07, 6.45) is 1.47. The summed E-state index contributed by atoms with van der Waals surface area (Å²) in [6, 6.07) is 16.2. The molecule has 0 atom stereocenters. The van der Waals surface area contributed by atoms with Crippen LogP contribution in [0.5, 0.6) is 11.5 Å². The Balaban J connectivity index is 1.64. The van der Waals surface area contributed by atoms with Crippen LogP contribution < -0.4 is 9.47 Å². The Morgan fingerprint density at radius 2 is 1.89 bits per heavy atom. The number of esters is 2. The Bertz CT molecular complexity index is 1410. The second-order valence-corrected chi connectivity index (χ2v) is 8.24. The number of hydrogen-bond donors (Lipinski definition) is 0. The number of methoxy groups -OCH3 is 1. The summed E-state index contributed by atoms with van der Waals surface area (Å²) in [5.41, 5.74) is 1.56. The van der Waals surface area contributed by atoms with E-state index in [9.17, 15) is 19.7 Å². The lowest BCUT2D eigenvalue weighted by Gasteiger charge is -2.12. The smallest absolute Gasteiger partial charge is 0.363 e. The van der Waals surface area contributed by atoms with Crippen molar-refractivity contribution in [2.45, 2.75) is 6.92 Å². The number of cyclic esters (lactones) is 1. The van der Waals surface area contributed by atoms with Gasteiger partial charge in [-0.25, -0.2) is 14.6 Å². The van der Waals surface area contributed by atoms with Gasteiger partial charge in [0.15, 0.2) is 17.2 Å². The summed E-state index contributed by atoms with van der Waals surface area (Å²) >= 11 is 3.38. The summed E-state index contributed by atoms with van der Waals surface area (Å²) in [6.45, 7) is 1.61. The first kappa shape index (κ1) is 23.8. The van der Waals surface area contributed by atoms with E-state index in [0.717, 1.165) is 0 Å². The SMILES string of the molecule is COc1cc(/C=C2\N=C(c3ccc(C)c([N+](=O)[O-])c3)OC2=O)cc(Br)c1OC(=O)c1ccccc1. The fourth-order valence-corrected chi connectivity index (χ4v) is 3.82. The number of halogens is 1. The van der Waals surface area contributed by atoms with Crippen molar-refractivity contribution in [3.8, 4) is 11.5 Å². The number of rotatable bonds is 6. The predicted octanol–water partition coefficient (Wildman–Crippen LogP) is 5.24. The van der Waals surface area contributed by atoms with Gasteiger partial charge < -0.3 is 14.2 Å². The van der Waals surface area contributed by atoms with Gasteiger partial charge in [0.1, 0.15) is 0 Å². The summed E-state index contributed by atoms with van der Waals surface area (Å²) in [5, 5.41) is 11.2. The molecule has 9 nitrogen and oxygen atoms in total. The van der Waals surface area contributed by atoms with Crippen LogP contribution in [0, 0.1) is 17.0 Å². The summed E-state index contributed by atoms with van der Waals surface area (Å²) in [4.78, 5) is 39.8. The molecule has 0 radical (unpaired) electrons. The highest BCUT2D eigenvalue weighted by atomic mass is 79.9. The molecule has 0 saturated heterocycles. The van der Waals surface area contributed by atoms with Crippen molar-refractivity contribution in [1.29, 1.82) is 0 Å². The molecule has 35 heavy (non-hydrogen) atoms. The summed E-state index contributed by atoms with van der Waals surface area (Å²) < 4.78 is 16.5. The topological polar surface area (TPSA) is 117 Å². The molecule has 1 aliphatic rings. The number of ether oxygens (including phenoxy) is 3. The predicted molar refractivity (Wildman–Crippen MR) is 131 cm³/mol. The lowest BCUT2D eigenvalue weighted by molar-refractivity contribution is -0.385. The number of aliphatic imine (C=N–C) groups is 1. The second-order valence-electron chi connectivity index (χ2n) is 7.38. The maximum Gasteiger partial charge on any atom is 0.363 e. The van der Waals surface area contributed by atoms with Gasteiger partial charge in [-0.2, -0.15) is 0 Å². The average molecular weight is 537 g/mol. The van der Waals surface area contributed by atoms with Gasteiger partial charge in [-0.3, -0.25) is 10.1 Å². The van der Waals surface area contributed by atoms with Crippen molar-refractivity contribution in [3.05, 3.63) is 103 Å². The Kier molecular flexibility index (Phi) is 6.74. The number of carbonyl (C=O) groups is 2. The van der Waals surface area contributed by atoms with E-state index in [0.29, 0.717) is 26.7 Å². The van der Waals surface area contributed by atoms with E-state index in [4.69, 9.17) is 14.2 Å². The van der Waals surface area contributed by atoms with E-state index in [2.05, 4.69) is 20.9 Å². The maximum atomic E-state index is 12.5. The van der Waals surface area contributed by atoms with Crippen molar-refractivity contribution in [3.63, 3.8) is 0 Å². The number of carbonyl (C=O) groups excluding carboxylic acids is 2. The highest BCUT2D eigenvalue weighted by Crippen LogP contribution is 2.38. The number of benzene rings is 3. The van der Waals surface area contributed by atoms with Crippen molar-refractivity contribution in [2.75, 3.05) is 7.11 Å². The minimum atomic E-state index is -0.710. The van der Waals surface area contributed by atoms with Crippen LogP contribution in [0.3, 0.4) is 0 Å². The Morgan fingerprint density at radius 3 is 2.57 bits per heavy atom. The van der Waals surface area contributed by atoms with Gasteiger partial charge in [-0.15, -0.1) is 0 Å². The highest BCUT2D eigenvalue weighted by Gasteiger charge is 2.26. The van der Waals surface area contributed by atoms with Crippen LogP contribution in [0.15, 0.2) is 75.8 Å². The van der Waals surface area contributed by atoms with E-state index >= 15 is 0 Å². The van der Waals surface area contributed by atoms with Crippen molar-refractivity contribution < 1.29 is 28.7 Å². The van der Waals surface area contributed by atoms with E-state index in [-0.39, 0.29) is 28.8 Å². The van der Waals surface area contributed by atoms with E-state index in [1.807, 2.05) is 0 Å². The van der Waals surface area contributed by atoms with Crippen molar-refractivity contribution >= 4 is 45.5 Å². The maximum absolute atomic E-state index is 12.5. The number of hydrogen-bond acceptors (Lipinski definition) is 8. The molecule has 10 heteroatoms. The van der Waals surface area contributed by atoms with Gasteiger partial charge >= 0.3 is 11.9 Å². The molecule has 0 spiro atoms. The number of nitro benzene ring substituents is 1. The monoisotopic (exact) mass is 536 g/mol. The third-order valence-corrected chi connectivity index (χ3v) is 5.62. The largest absolute Gasteiger partial charge is 0.493 e. The normalized spacial score (nSPS) is 13.9. The number of aryl methyl sites for hydroxylation is 1. The van der Waals surface area contributed by atoms with Gasteiger partial charge in [-0.1, -0.05) is 24.3 Å². The van der Waals surface area contributed by atoms with Crippen LogP contribution in [-0.4, -0.2) is 29.9 Å². The molecular weight excluding hydrogens is 520 g/mol. The lowest BCUT2D eigenvalue weighted by Crippen LogP contribution is -2.09. The molecule has 4 rings (SSSR count). The molecule has 3 aromatic carbocycles. The standard InChI is InChI=1S/C25H17BrN2O7/c1-14-8-9-17(13-20(14)28(31)32)23-27-19(25(30)35-23)11-15-10-18(26)22(21(12-15)33-2)34-24(29)16-6-4-3-5-7-16/h3-13H,1-2H3/b19-11-. The number of nitro groups is 1. The second kappa shape index (κ2) is 9.90. The van der Waals surface area contributed by atoms with Gasteiger partial charge in [0, 0.05) is 17.2 Å². The molecular formula is C25H17BrN2O7. The average Bonchev–Trinajstić information content (AvgIpc) is 3.21. The zero-order chi connectivity index (χ0) is 25.1. The lowest BCUT2D eigenvalue weighted by atomic mass is 10.1. The highest BCUT2D eigenvalue weighted by molar-refractivity contribution is 9.10. The van der Waals surface area contributed by atoms with Gasteiger partial charge in [0.2, 0.25) is 5.90 Å². The van der Waals surface area contributed by atoms with E-state index in [1.54, 1.807) is 61.5 Å². The Morgan fingerprint density at radius 1 is 1.14 bits per heavy atom. The van der Waals surface area contributed by atoms with Gasteiger partial charge in [0.25, 0.3) is 5.69 Å². The molecule has 0 aliphatic carbocycles. The molecule has 0 fully saturated rings. The van der Waals surface area contributed by atoms with Crippen LogP contribution >= 0.6 is 15.9 Å².